The number of unbranched alkanes of at least 4 members (excludes halogenated alkanes) is 1. The monoisotopic (exact) mass is 384 g/mol. The van der Waals surface area contributed by atoms with Gasteiger partial charge in [-0.3, -0.25) is 29.4 Å². The molecule has 0 aromatic heterocycles. The van der Waals surface area contributed by atoms with Crippen LogP contribution in [0, 0.1) is 0 Å². The lowest BCUT2D eigenvalue weighted by Gasteiger charge is -2.28. The number of nitrogens with one attached hydrogen (secondary N) is 3. The molecule has 3 aliphatic heterocycles. The molecular formula is C20H24N4O4. The Balaban J connectivity index is 1.43. The molecule has 1 aromatic carbocycles. The number of rotatable bonds is 7. The summed E-state index contributed by atoms with van der Waals surface area (Å²) in [5, 5.41) is 8.91. The summed E-state index contributed by atoms with van der Waals surface area (Å²) in [6.07, 6.45) is 2.89. The minimum Gasteiger partial charge on any atom is -0.314 e. The molecule has 3 N–H and O–H groups in total. The van der Waals surface area contributed by atoms with E-state index < -0.39 is 23.8 Å². The van der Waals surface area contributed by atoms with Crippen LogP contribution in [0.25, 0.3) is 0 Å². The zero-order chi connectivity index (χ0) is 19.7. The van der Waals surface area contributed by atoms with Crippen molar-refractivity contribution in [2.75, 3.05) is 19.6 Å². The van der Waals surface area contributed by atoms with Crippen molar-refractivity contribution in [3.63, 3.8) is 0 Å². The molecule has 0 radical (unpaired) electrons. The first-order chi connectivity index (χ1) is 13.6. The fraction of sp³-hybridized carbons (Fsp3) is 0.500. The smallest absolute Gasteiger partial charge is 0.262 e. The Hall–Kier alpha value is -2.58. The maximum absolute atomic E-state index is 13.0. The predicted octanol–water partition coefficient (Wildman–Crippen LogP) is -0.0281. The van der Waals surface area contributed by atoms with E-state index in [1.807, 2.05) is 6.07 Å². The quantitative estimate of drug-likeness (QED) is 0.450. The van der Waals surface area contributed by atoms with Gasteiger partial charge in [0.05, 0.1) is 11.1 Å². The van der Waals surface area contributed by atoms with Crippen LogP contribution in [-0.4, -0.2) is 60.2 Å². The Labute approximate surface area is 163 Å². The van der Waals surface area contributed by atoms with Gasteiger partial charge in [-0.15, -0.1) is 0 Å². The standard InChI is InChI=1S/C20H24N4O4/c25-16-8-7-15(18(26)23-16)24-19(27)14-6-3-5-12(17(14)20(24)28)4-1-2-9-22-13-10-21-11-13/h3,5-6,13,15,21-22H,1-2,4,7-11H2,(H,23,25,26). The molecule has 4 rings (SSSR count). The summed E-state index contributed by atoms with van der Waals surface area (Å²) in [5.74, 6) is -1.83. The third-order valence-corrected chi connectivity index (χ3v) is 5.64. The minimum absolute atomic E-state index is 0.125. The Bertz CT molecular complexity index is 833. The van der Waals surface area contributed by atoms with Gasteiger partial charge in [0.15, 0.2) is 0 Å². The van der Waals surface area contributed by atoms with E-state index in [-0.39, 0.29) is 18.7 Å². The van der Waals surface area contributed by atoms with Gasteiger partial charge in [0.1, 0.15) is 6.04 Å². The molecule has 0 bridgehead atoms. The van der Waals surface area contributed by atoms with Crippen LogP contribution in [0.1, 0.15) is 52.0 Å². The summed E-state index contributed by atoms with van der Waals surface area (Å²) >= 11 is 0. The van der Waals surface area contributed by atoms with Gasteiger partial charge in [0.2, 0.25) is 11.8 Å². The zero-order valence-electron chi connectivity index (χ0n) is 15.6. The van der Waals surface area contributed by atoms with Gasteiger partial charge >= 0.3 is 0 Å². The number of benzene rings is 1. The number of hydrogen-bond acceptors (Lipinski definition) is 6. The summed E-state index contributed by atoms with van der Waals surface area (Å²) < 4.78 is 0. The SMILES string of the molecule is O=C1CCC(N2C(=O)c3cccc(CCCCNC4CNC4)c3C2=O)C(=O)N1. The van der Waals surface area contributed by atoms with Crippen LogP contribution >= 0.6 is 0 Å². The van der Waals surface area contributed by atoms with Crippen molar-refractivity contribution in [3.8, 4) is 0 Å². The van der Waals surface area contributed by atoms with E-state index in [9.17, 15) is 19.2 Å². The molecule has 1 unspecified atom stereocenters. The van der Waals surface area contributed by atoms with Gasteiger partial charge in [0.25, 0.3) is 11.8 Å². The Morgan fingerprint density at radius 2 is 1.89 bits per heavy atom. The van der Waals surface area contributed by atoms with E-state index in [0.717, 1.165) is 42.9 Å². The Kier molecular flexibility index (Phi) is 5.23. The summed E-state index contributed by atoms with van der Waals surface area (Å²) in [4.78, 5) is 50.4. The number of piperidine rings is 1. The summed E-state index contributed by atoms with van der Waals surface area (Å²) in [6.45, 7) is 2.95. The first-order valence-electron chi connectivity index (χ1n) is 9.84. The van der Waals surface area contributed by atoms with Crippen molar-refractivity contribution in [1.29, 1.82) is 0 Å². The number of carbonyl (C=O) groups is 4. The molecule has 3 heterocycles. The molecule has 0 spiro atoms. The molecule has 28 heavy (non-hydrogen) atoms. The largest absolute Gasteiger partial charge is 0.314 e. The van der Waals surface area contributed by atoms with Gasteiger partial charge in [-0.05, 0) is 43.9 Å². The van der Waals surface area contributed by atoms with Crippen molar-refractivity contribution in [1.82, 2.24) is 20.9 Å². The number of nitrogens with zero attached hydrogens (tertiary/aromatic N) is 1. The molecule has 0 aliphatic carbocycles. The molecule has 1 atom stereocenters. The van der Waals surface area contributed by atoms with Crippen LogP contribution in [0.3, 0.4) is 0 Å². The van der Waals surface area contributed by atoms with E-state index in [2.05, 4.69) is 16.0 Å². The summed E-state index contributed by atoms with van der Waals surface area (Å²) in [6, 6.07) is 4.93. The van der Waals surface area contributed by atoms with E-state index in [0.29, 0.717) is 23.6 Å². The average molecular weight is 384 g/mol. The number of fused-ring (bicyclic) bond motifs is 1. The first-order valence-corrected chi connectivity index (χ1v) is 9.84. The number of amides is 4. The highest BCUT2D eigenvalue weighted by Gasteiger charge is 2.45. The second-order valence-electron chi connectivity index (χ2n) is 7.55. The highest BCUT2D eigenvalue weighted by molar-refractivity contribution is 6.24. The highest BCUT2D eigenvalue weighted by atomic mass is 16.2. The van der Waals surface area contributed by atoms with Crippen molar-refractivity contribution < 1.29 is 19.2 Å². The summed E-state index contributed by atoms with van der Waals surface area (Å²) in [5.41, 5.74) is 1.61. The molecular weight excluding hydrogens is 360 g/mol. The molecule has 2 saturated heterocycles. The van der Waals surface area contributed by atoms with Gasteiger partial charge in [0, 0.05) is 25.6 Å². The molecule has 4 amide bonds. The third kappa shape index (κ3) is 3.45. The number of carbonyl (C=O) groups excluding carboxylic acids is 4. The van der Waals surface area contributed by atoms with Crippen LogP contribution in [0.15, 0.2) is 18.2 Å². The third-order valence-electron chi connectivity index (χ3n) is 5.64. The molecule has 3 aliphatic rings. The average Bonchev–Trinajstić information content (AvgIpc) is 2.88. The van der Waals surface area contributed by atoms with E-state index >= 15 is 0 Å². The second-order valence-corrected chi connectivity index (χ2v) is 7.55. The fourth-order valence-electron chi connectivity index (χ4n) is 3.97. The van der Waals surface area contributed by atoms with Crippen LogP contribution in [0.2, 0.25) is 0 Å². The van der Waals surface area contributed by atoms with Gasteiger partial charge in [-0.2, -0.15) is 0 Å². The molecule has 1 aromatic rings. The molecule has 8 heteroatoms. The first kappa shape index (κ1) is 18.8. The van der Waals surface area contributed by atoms with Crippen molar-refractivity contribution >= 4 is 23.6 Å². The van der Waals surface area contributed by atoms with Crippen molar-refractivity contribution in [2.45, 2.75) is 44.2 Å². The lowest BCUT2D eigenvalue weighted by molar-refractivity contribution is -0.136. The van der Waals surface area contributed by atoms with Gasteiger partial charge in [-0.1, -0.05) is 12.1 Å². The number of imide groups is 2. The minimum atomic E-state index is -0.918. The normalized spacial score (nSPS) is 22.3. The van der Waals surface area contributed by atoms with Crippen LogP contribution in [-0.2, 0) is 16.0 Å². The number of hydrogen-bond donors (Lipinski definition) is 3. The van der Waals surface area contributed by atoms with E-state index in [4.69, 9.17) is 0 Å². The van der Waals surface area contributed by atoms with Gasteiger partial charge in [-0.25, -0.2) is 0 Å². The lowest BCUT2D eigenvalue weighted by atomic mass is 9.98. The molecule has 148 valence electrons. The fourth-order valence-corrected chi connectivity index (χ4v) is 3.97. The second kappa shape index (κ2) is 7.81. The zero-order valence-corrected chi connectivity index (χ0v) is 15.6. The highest BCUT2D eigenvalue weighted by Crippen LogP contribution is 2.30. The maximum Gasteiger partial charge on any atom is 0.262 e. The lowest BCUT2D eigenvalue weighted by Crippen LogP contribution is -2.55. The molecule has 0 saturated carbocycles. The van der Waals surface area contributed by atoms with E-state index in [1.54, 1.807) is 12.1 Å². The van der Waals surface area contributed by atoms with Crippen LogP contribution in [0.4, 0.5) is 0 Å². The van der Waals surface area contributed by atoms with E-state index in [1.165, 1.54) is 0 Å². The van der Waals surface area contributed by atoms with Crippen molar-refractivity contribution in [2.24, 2.45) is 0 Å². The Morgan fingerprint density at radius 3 is 2.61 bits per heavy atom. The topological polar surface area (TPSA) is 108 Å². The van der Waals surface area contributed by atoms with Crippen LogP contribution in [0.5, 0.6) is 0 Å². The Morgan fingerprint density at radius 1 is 1.07 bits per heavy atom. The molecule has 2 fully saturated rings. The van der Waals surface area contributed by atoms with Gasteiger partial charge < -0.3 is 10.6 Å². The predicted molar refractivity (Wildman–Crippen MR) is 101 cm³/mol. The summed E-state index contributed by atoms with van der Waals surface area (Å²) in [7, 11) is 0. The number of aryl methyl sites for hydroxylation is 1. The molecule has 8 nitrogen and oxygen atoms in total. The van der Waals surface area contributed by atoms with Crippen LogP contribution < -0.4 is 16.0 Å². The van der Waals surface area contributed by atoms with Crippen molar-refractivity contribution in [3.05, 3.63) is 34.9 Å². The maximum atomic E-state index is 13.0.